The summed E-state index contributed by atoms with van der Waals surface area (Å²) >= 11 is 2.17. The van der Waals surface area contributed by atoms with Crippen molar-refractivity contribution < 1.29 is 23.9 Å². The molecule has 2 heterocycles. The van der Waals surface area contributed by atoms with Gasteiger partial charge in [0.15, 0.2) is 11.0 Å². The number of rotatable bonds is 7. The van der Waals surface area contributed by atoms with Crippen LogP contribution in [-0.4, -0.2) is 52.6 Å². The minimum absolute atomic E-state index is 0.0336. The SMILES string of the molecule is COC(=O)c1sc(NC(=O)CSc2nnc(-c3ccccc3)n2C)c(C(=O)OC)c1C. The largest absolute Gasteiger partial charge is 0.465 e. The van der Waals surface area contributed by atoms with Crippen LogP contribution in [0, 0.1) is 6.92 Å². The molecule has 0 bridgehead atoms. The Morgan fingerprint density at radius 1 is 1.10 bits per heavy atom. The molecule has 3 aromatic rings. The lowest BCUT2D eigenvalue weighted by atomic mass is 10.1. The Hall–Kier alpha value is -3.18. The van der Waals surface area contributed by atoms with Crippen LogP contribution in [0.3, 0.4) is 0 Å². The summed E-state index contributed by atoms with van der Waals surface area (Å²) in [4.78, 5) is 36.9. The molecule has 0 aliphatic rings. The van der Waals surface area contributed by atoms with Gasteiger partial charge in [0.25, 0.3) is 0 Å². The highest BCUT2D eigenvalue weighted by molar-refractivity contribution is 7.99. The summed E-state index contributed by atoms with van der Waals surface area (Å²) in [6.45, 7) is 1.60. The van der Waals surface area contributed by atoms with Gasteiger partial charge < -0.3 is 19.4 Å². The van der Waals surface area contributed by atoms with E-state index in [9.17, 15) is 14.4 Å². The average Bonchev–Trinajstić information content (AvgIpc) is 3.31. The Labute approximate surface area is 186 Å². The standard InChI is InChI=1S/C20H20N4O5S2/c1-11-14(18(26)28-3)17(31-15(11)19(27)29-4)21-13(25)10-30-20-23-22-16(24(20)2)12-8-6-5-7-9-12/h5-9H,10H2,1-4H3,(H,21,25). The van der Waals surface area contributed by atoms with Crippen LogP contribution in [0.2, 0.25) is 0 Å². The Morgan fingerprint density at radius 2 is 1.77 bits per heavy atom. The maximum Gasteiger partial charge on any atom is 0.348 e. The number of nitrogens with one attached hydrogen (secondary N) is 1. The topological polar surface area (TPSA) is 112 Å². The fraction of sp³-hybridized carbons (Fsp3) is 0.250. The van der Waals surface area contributed by atoms with Crippen LogP contribution in [0.5, 0.6) is 0 Å². The number of hydrogen-bond acceptors (Lipinski definition) is 9. The predicted octanol–water partition coefficient (Wildman–Crippen LogP) is 3.16. The minimum Gasteiger partial charge on any atom is -0.465 e. The molecule has 1 aromatic carbocycles. The van der Waals surface area contributed by atoms with Crippen LogP contribution in [-0.2, 0) is 21.3 Å². The molecular formula is C20H20N4O5S2. The highest BCUT2D eigenvalue weighted by Crippen LogP contribution is 2.34. The molecule has 9 nitrogen and oxygen atoms in total. The van der Waals surface area contributed by atoms with E-state index in [2.05, 4.69) is 15.5 Å². The average molecular weight is 461 g/mol. The molecule has 0 saturated heterocycles. The Morgan fingerprint density at radius 3 is 2.42 bits per heavy atom. The number of aromatic nitrogens is 3. The maximum atomic E-state index is 12.5. The van der Waals surface area contributed by atoms with E-state index in [0.717, 1.165) is 16.9 Å². The number of thiophene rings is 1. The summed E-state index contributed by atoms with van der Waals surface area (Å²) in [7, 11) is 4.30. The Kier molecular flexibility index (Phi) is 7.08. The van der Waals surface area contributed by atoms with E-state index in [4.69, 9.17) is 9.47 Å². The van der Waals surface area contributed by atoms with E-state index in [0.29, 0.717) is 16.5 Å². The van der Waals surface area contributed by atoms with Crippen molar-refractivity contribution >= 4 is 45.9 Å². The Bertz CT molecular complexity index is 1120. The van der Waals surface area contributed by atoms with E-state index in [1.165, 1.54) is 26.0 Å². The second-order valence-electron chi connectivity index (χ2n) is 6.31. The third kappa shape index (κ3) is 4.78. The second-order valence-corrected chi connectivity index (χ2v) is 8.27. The first kappa shape index (κ1) is 22.5. The smallest absolute Gasteiger partial charge is 0.348 e. The molecule has 162 valence electrons. The highest BCUT2D eigenvalue weighted by atomic mass is 32.2. The highest BCUT2D eigenvalue weighted by Gasteiger charge is 2.27. The van der Waals surface area contributed by atoms with Gasteiger partial charge in [-0.15, -0.1) is 21.5 Å². The molecule has 0 aliphatic heterocycles. The lowest BCUT2D eigenvalue weighted by Crippen LogP contribution is -2.16. The summed E-state index contributed by atoms with van der Waals surface area (Å²) < 4.78 is 11.3. The van der Waals surface area contributed by atoms with Crippen LogP contribution < -0.4 is 5.32 Å². The first-order valence-electron chi connectivity index (χ1n) is 9.04. The molecule has 2 aromatic heterocycles. The van der Waals surface area contributed by atoms with E-state index in [1.54, 1.807) is 11.5 Å². The summed E-state index contributed by atoms with van der Waals surface area (Å²) in [6, 6.07) is 9.60. The van der Waals surface area contributed by atoms with Gasteiger partial charge in [-0.1, -0.05) is 42.1 Å². The number of ether oxygens (including phenoxy) is 2. The molecule has 0 radical (unpaired) electrons. The quantitative estimate of drug-likeness (QED) is 0.423. The number of thioether (sulfide) groups is 1. The van der Waals surface area contributed by atoms with E-state index in [-0.39, 0.29) is 27.1 Å². The molecule has 1 N–H and O–H groups in total. The number of anilines is 1. The normalized spacial score (nSPS) is 10.6. The number of amides is 1. The molecule has 0 unspecified atom stereocenters. The van der Waals surface area contributed by atoms with Crippen molar-refractivity contribution in [3.05, 3.63) is 46.3 Å². The maximum absolute atomic E-state index is 12.5. The van der Waals surface area contributed by atoms with Gasteiger partial charge in [0, 0.05) is 12.6 Å². The number of methoxy groups -OCH3 is 2. The number of hydrogen-bond donors (Lipinski definition) is 1. The molecule has 1 amide bonds. The number of esters is 2. The third-order valence-corrected chi connectivity index (χ3v) is 6.57. The molecule has 0 aliphatic carbocycles. The molecule has 0 fully saturated rings. The van der Waals surface area contributed by atoms with Gasteiger partial charge in [0.2, 0.25) is 5.91 Å². The van der Waals surface area contributed by atoms with Gasteiger partial charge in [0.05, 0.1) is 25.5 Å². The second kappa shape index (κ2) is 9.75. The van der Waals surface area contributed by atoms with Crippen LogP contribution in [0.25, 0.3) is 11.4 Å². The summed E-state index contributed by atoms with van der Waals surface area (Å²) in [5.41, 5.74) is 1.45. The van der Waals surface area contributed by atoms with Crippen molar-refractivity contribution in [2.75, 3.05) is 25.3 Å². The van der Waals surface area contributed by atoms with E-state index < -0.39 is 11.9 Å². The molecule has 3 rings (SSSR count). The fourth-order valence-electron chi connectivity index (χ4n) is 2.81. The van der Waals surface area contributed by atoms with Gasteiger partial charge in [0.1, 0.15) is 9.88 Å². The zero-order chi connectivity index (χ0) is 22.5. The van der Waals surface area contributed by atoms with Gasteiger partial charge in [-0.25, -0.2) is 9.59 Å². The van der Waals surface area contributed by atoms with Crippen LogP contribution in [0.1, 0.15) is 25.6 Å². The lowest BCUT2D eigenvalue weighted by molar-refractivity contribution is -0.113. The molecular weight excluding hydrogens is 440 g/mol. The number of nitrogens with zero attached hydrogens (tertiary/aromatic N) is 3. The van der Waals surface area contributed by atoms with Crippen molar-refractivity contribution in [1.29, 1.82) is 0 Å². The first-order valence-corrected chi connectivity index (χ1v) is 10.8. The van der Waals surface area contributed by atoms with Crippen molar-refractivity contribution in [2.24, 2.45) is 7.05 Å². The molecule has 31 heavy (non-hydrogen) atoms. The van der Waals surface area contributed by atoms with Crippen LogP contribution in [0.4, 0.5) is 5.00 Å². The first-order chi connectivity index (χ1) is 14.9. The molecule has 0 spiro atoms. The predicted molar refractivity (Wildman–Crippen MR) is 118 cm³/mol. The van der Waals surface area contributed by atoms with Gasteiger partial charge in [-0.2, -0.15) is 0 Å². The van der Waals surface area contributed by atoms with Gasteiger partial charge in [-0.05, 0) is 12.5 Å². The number of carbonyl (C=O) groups is 3. The van der Waals surface area contributed by atoms with Crippen LogP contribution in [0.15, 0.2) is 35.5 Å². The third-order valence-electron chi connectivity index (χ3n) is 4.36. The van der Waals surface area contributed by atoms with Crippen molar-refractivity contribution in [2.45, 2.75) is 12.1 Å². The Balaban J connectivity index is 1.74. The van der Waals surface area contributed by atoms with Gasteiger partial charge >= 0.3 is 11.9 Å². The molecule has 0 atom stereocenters. The minimum atomic E-state index is -0.646. The van der Waals surface area contributed by atoms with Crippen molar-refractivity contribution in [3.63, 3.8) is 0 Å². The molecule has 11 heteroatoms. The monoisotopic (exact) mass is 460 g/mol. The number of benzene rings is 1. The summed E-state index contributed by atoms with van der Waals surface area (Å²) in [6.07, 6.45) is 0. The van der Waals surface area contributed by atoms with Gasteiger partial charge in [-0.3, -0.25) is 4.79 Å². The lowest BCUT2D eigenvalue weighted by Gasteiger charge is -2.06. The van der Waals surface area contributed by atoms with Crippen LogP contribution >= 0.6 is 23.1 Å². The van der Waals surface area contributed by atoms with E-state index in [1.807, 2.05) is 37.4 Å². The van der Waals surface area contributed by atoms with E-state index >= 15 is 0 Å². The zero-order valence-corrected chi connectivity index (χ0v) is 18.9. The molecule has 0 saturated carbocycles. The number of carbonyl (C=O) groups excluding carboxylic acids is 3. The van der Waals surface area contributed by atoms with Crippen molar-refractivity contribution in [1.82, 2.24) is 14.8 Å². The fourth-order valence-corrected chi connectivity index (χ4v) is 4.65. The zero-order valence-electron chi connectivity index (χ0n) is 17.3. The summed E-state index contributed by atoms with van der Waals surface area (Å²) in [5.74, 6) is -0.876. The van der Waals surface area contributed by atoms with Crippen molar-refractivity contribution in [3.8, 4) is 11.4 Å². The summed E-state index contributed by atoms with van der Waals surface area (Å²) in [5, 5.41) is 11.8.